The van der Waals surface area contributed by atoms with Crippen molar-refractivity contribution in [1.29, 1.82) is 0 Å². The van der Waals surface area contributed by atoms with E-state index in [0.29, 0.717) is 29.2 Å². The monoisotopic (exact) mass is 303 g/mol. The highest BCUT2D eigenvalue weighted by Crippen LogP contribution is 2.26. The summed E-state index contributed by atoms with van der Waals surface area (Å²) in [6.45, 7) is 1.63. The summed E-state index contributed by atoms with van der Waals surface area (Å²) in [5.41, 5.74) is 6.30. The zero-order valence-corrected chi connectivity index (χ0v) is 11.7. The number of rotatable bonds is 4. The van der Waals surface area contributed by atoms with Crippen molar-refractivity contribution < 1.29 is 9.18 Å². The van der Waals surface area contributed by atoms with Gasteiger partial charge in [-0.15, -0.1) is 11.6 Å². The molecular weight excluding hydrogens is 292 g/mol. The summed E-state index contributed by atoms with van der Waals surface area (Å²) in [6.07, 6.45) is 0.451. The third-order valence-electron chi connectivity index (χ3n) is 2.92. The van der Waals surface area contributed by atoms with E-state index in [1.165, 1.54) is 12.1 Å². The number of alkyl halides is 1. The molecule has 0 spiro atoms. The van der Waals surface area contributed by atoms with Crippen LogP contribution >= 0.6 is 23.2 Å². The summed E-state index contributed by atoms with van der Waals surface area (Å²) in [5.74, 6) is -0.168. The minimum atomic E-state index is -0.635. The number of imidazole rings is 1. The summed E-state index contributed by atoms with van der Waals surface area (Å²) in [6, 6.07) is 2.04. The molecule has 7 heteroatoms. The Hall–Kier alpha value is -1.33. The van der Waals surface area contributed by atoms with E-state index in [1.54, 1.807) is 11.5 Å². The number of nitrogens with zero attached hydrogens (tertiary/aromatic N) is 2. The van der Waals surface area contributed by atoms with Gasteiger partial charge in [0.1, 0.15) is 17.7 Å². The number of fused-ring (bicyclic) bond motifs is 1. The molecule has 0 aliphatic carbocycles. The molecular formula is C12H12Cl2FN3O. The molecule has 0 saturated heterocycles. The molecule has 1 aromatic carbocycles. The lowest BCUT2D eigenvalue weighted by Gasteiger charge is -2.14. The van der Waals surface area contributed by atoms with E-state index in [0.717, 1.165) is 0 Å². The van der Waals surface area contributed by atoms with E-state index in [9.17, 15) is 9.18 Å². The summed E-state index contributed by atoms with van der Waals surface area (Å²) in [4.78, 5) is 15.7. The highest BCUT2D eigenvalue weighted by atomic mass is 35.5. The SMILES string of the molecule is CC(C(N)=O)n1c(CCCl)nc2cc(Cl)c(F)cc21. The number of amides is 1. The van der Waals surface area contributed by atoms with Crippen LogP contribution in [0.5, 0.6) is 0 Å². The van der Waals surface area contributed by atoms with E-state index in [1.807, 2.05) is 0 Å². The molecule has 0 bridgehead atoms. The van der Waals surface area contributed by atoms with Gasteiger partial charge in [0.05, 0.1) is 16.1 Å². The van der Waals surface area contributed by atoms with Gasteiger partial charge in [0, 0.05) is 18.4 Å². The van der Waals surface area contributed by atoms with Crippen LogP contribution < -0.4 is 5.73 Å². The standard InChI is InChI=1S/C12H12Cl2FN3O/c1-6(12(16)19)18-10-5-8(15)7(14)4-9(10)17-11(18)2-3-13/h4-6H,2-3H2,1H3,(H2,16,19). The normalized spacial score (nSPS) is 12.8. The lowest BCUT2D eigenvalue weighted by molar-refractivity contribution is -0.120. The number of nitrogens with two attached hydrogens (primary N) is 1. The third-order valence-corrected chi connectivity index (χ3v) is 3.40. The van der Waals surface area contributed by atoms with Crippen molar-refractivity contribution in [2.24, 2.45) is 5.73 Å². The fourth-order valence-corrected chi connectivity index (χ4v) is 2.29. The first-order chi connectivity index (χ1) is 8.95. The quantitative estimate of drug-likeness (QED) is 0.883. The molecule has 1 heterocycles. The minimum absolute atomic E-state index is 0.0127. The number of hydrogen-bond acceptors (Lipinski definition) is 2. The molecule has 0 fully saturated rings. The van der Waals surface area contributed by atoms with Crippen LogP contribution in [0.2, 0.25) is 5.02 Å². The highest BCUT2D eigenvalue weighted by molar-refractivity contribution is 6.31. The van der Waals surface area contributed by atoms with Gasteiger partial charge in [-0.25, -0.2) is 9.37 Å². The lowest BCUT2D eigenvalue weighted by Crippen LogP contribution is -2.25. The summed E-state index contributed by atoms with van der Waals surface area (Å²) >= 11 is 11.4. The van der Waals surface area contributed by atoms with Gasteiger partial charge in [0.25, 0.3) is 0 Å². The van der Waals surface area contributed by atoms with Gasteiger partial charge in [-0.05, 0) is 13.0 Å². The minimum Gasteiger partial charge on any atom is -0.368 e. The first-order valence-electron chi connectivity index (χ1n) is 5.66. The Bertz CT molecular complexity index is 641. The summed E-state index contributed by atoms with van der Waals surface area (Å²) in [7, 11) is 0. The van der Waals surface area contributed by atoms with E-state index in [-0.39, 0.29) is 5.02 Å². The Balaban J connectivity index is 2.72. The van der Waals surface area contributed by atoms with Crippen LogP contribution in [0.3, 0.4) is 0 Å². The number of benzene rings is 1. The van der Waals surface area contributed by atoms with Crippen molar-refractivity contribution in [3.05, 3.63) is 28.8 Å². The van der Waals surface area contributed by atoms with Crippen LogP contribution in [0.4, 0.5) is 4.39 Å². The third kappa shape index (κ3) is 2.53. The summed E-state index contributed by atoms with van der Waals surface area (Å²) in [5, 5.41) is -0.0127. The van der Waals surface area contributed by atoms with Crippen molar-refractivity contribution in [2.75, 3.05) is 5.88 Å². The number of aryl methyl sites for hydroxylation is 1. The Labute approximate surface area is 119 Å². The Morgan fingerprint density at radius 2 is 2.26 bits per heavy atom. The first kappa shape index (κ1) is 14.1. The molecule has 102 valence electrons. The van der Waals surface area contributed by atoms with Gasteiger partial charge in [-0.3, -0.25) is 4.79 Å². The maximum atomic E-state index is 13.6. The molecule has 1 amide bonds. The molecule has 0 aliphatic rings. The maximum absolute atomic E-state index is 13.6. The number of aromatic nitrogens is 2. The molecule has 0 radical (unpaired) electrons. The predicted octanol–water partition coefficient (Wildman–Crippen LogP) is 2.66. The molecule has 4 nitrogen and oxygen atoms in total. The van der Waals surface area contributed by atoms with Gasteiger partial charge in [0.15, 0.2) is 0 Å². The second-order valence-corrected chi connectivity index (χ2v) is 4.96. The van der Waals surface area contributed by atoms with Crippen LogP contribution in [-0.4, -0.2) is 21.3 Å². The number of carbonyl (C=O) groups is 1. The van der Waals surface area contributed by atoms with Gasteiger partial charge < -0.3 is 10.3 Å². The highest BCUT2D eigenvalue weighted by Gasteiger charge is 2.20. The zero-order chi connectivity index (χ0) is 14.2. The molecule has 2 aromatic rings. The van der Waals surface area contributed by atoms with E-state index in [2.05, 4.69) is 4.98 Å². The van der Waals surface area contributed by atoms with Gasteiger partial charge in [-0.2, -0.15) is 0 Å². The van der Waals surface area contributed by atoms with Crippen LogP contribution in [0.15, 0.2) is 12.1 Å². The van der Waals surface area contributed by atoms with Crippen molar-refractivity contribution in [3.63, 3.8) is 0 Å². The molecule has 1 unspecified atom stereocenters. The Morgan fingerprint density at radius 1 is 1.58 bits per heavy atom. The number of carbonyl (C=O) groups excluding carboxylic acids is 1. The average molecular weight is 304 g/mol. The molecule has 1 atom stereocenters. The largest absolute Gasteiger partial charge is 0.368 e. The van der Waals surface area contributed by atoms with E-state index in [4.69, 9.17) is 28.9 Å². The van der Waals surface area contributed by atoms with E-state index >= 15 is 0 Å². The predicted molar refractivity (Wildman–Crippen MR) is 73.0 cm³/mol. The number of halogens is 3. The molecule has 1 aromatic heterocycles. The Morgan fingerprint density at radius 3 is 2.84 bits per heavy atom. The van der Waals surface area contributed by atoms with Crippen molar-refractivity contribution in [1.82, 2.24) is 9.55 Å². The van der Waals surface area contributed by atoms with Gasteiger partial charge in [0.2, 0.25) is 5.91 Å². The lowest BCUT2D eigenvalue weighted by atomic mass is 10.2. The van der Waals surface area contributed by atoms with Crippen molar-refractivity contribution in [3.8, 4) is 0 Å². The number of hydrogen-bond donors (Lipinski definition) is 1. The molecule has 2 rings (SSSR count). The summed E-state index contributed by atoms with van der Waals surface area (Å²) < 4.78 is 15.2. The van der Waals surface area contributed by atoms with Crippen LogP contribution in [0.1, 0.15) is 18.8 Å². The zero-order valence-electron chi connectivity index (χ0n) is 10.2. The first-order valence-corrected chi connectivity index (χ1v) is 6.58. The van der Waals surface area contributed by atoms with Crippen molar-refractivity contribution in [2.45, 2.75) is 19.4 Å². The second kappa shape index (κ2) is 5.35. The topological polar surface area (TPSA) is 60.9 Å². The van der Waals surface area contributed by atoms with Crippen LogP contribution in [-0.2, 0) is 11.2 Å². The van der Waals surface area contributed by atoms with Gasteiger partial charge in [-0.1, -0.05) is 11.6 Å². The molecule has 2 N–H and O–H groups in total. The second-order valence-electron chi connectivity index (χ2n) is 4.17. The number of primary amides is 1. The fraction of sp³-hybridized carbons (Fsp3) is 0.333. The van der Waals surface area contributed by atoms with Gasteiger partial charge >= 0.3 is 0 Å². The van der Waals surface area contributed by atoms with E-state index < -0.39 is 17.8 Å². The molecule has 0 aliphatic heterocycles. The molecule has 0 saturated carbocycles. The maximum Gasteiger partial charge on any atom is 0.240 e. The average Bonchev–Trinajstić information content (AvgIpc) is 2.66. The van der Waals surface area contributed by atoms with Crippen LogP contribution in [0, 0.1) is 5.82 Å². The molecule has 19 heavy (non-hydrogen) atoms. The smallest absolute Gasteiger partial charge is 0.240 e. The van der Waals surface area contributed by atoms with Crippen LogP contribution in [0.25, 0.3) is 11.0 Å². The fourth-order valence-electron chi connectivity index (χ4n) is 1.96. The Kier molecular flexibility index (Phi) is 3.96. The van der Waals surface area contributed by atoms with Crippen molar-refractivity contribution >= 4 is 40.1 Å².